The Morgan fingerprint density at radius 1 is 1.13 bits per heavy atom. The quantitative estimate of drug-likeness (QED) is 0.415. The second kappa shape index (κ2) is 8.58. The number of benzene rings is 2. The summed E-state index contributed by atoms with van der Waals surface area (Å²) >= 11 is 1.47. The van der Waals surface area contributed by atoms with Gasteiger partial charge in [-0.15, -0.1) is 0 Å². The fourth-order valence-electron chi connectivity index (χ4n) is 3.14. The van der Waals surface area contributed by atoms with Crippen molar-refractivity contribution in [1.82, 2.24) is 19.7 Å². The van der Waals surface area contributed by atoms with Crippen molar-refractivity contribution in [2.45, 2.75) is 42.1 Å². The Bertz CT molecular complexity index is 1270. The molecule has 0 aliphatic heterocycles. The first kappa shape index (κ1) is 20.6. The van der Waals surface area contributed by atoms with E-state index in [4.69, 9.17) is 9.66 Å². The molecule has 0 saturated heterocycles. The number of rotatable bonds is 8. The van der Waals surface area contributed by atoms with Crippen LogP contribution in [0.15, 0.2) is 63.1 Å². The predicted molar refractivity (Wildman–Crippen MR) is 115 cm³/mol. The molecule has 2 heterocycles. The van der Waals surface area contributed by atoms with Crippen LogP contribution in [0.4, 0.5) is 0 Å². The van der Waals surface area contributed by atoms with Gasteiger partial charge in [0, 0.05) is 13.0 Å². The zero-order valence-corrected chi connectivity index (χ0v) is 18.0. The molecular weight excluding hydrogens is 422 g/mol. The molecule has 0 bridgehead atoms. The molecule has 0 radical (unpaired) electrons. The monoisotopic (exact) mass is 443 g/mol. The van der Waals surface area contributed by atoms with Gasteiger partial charge in [-0.3, -0.25) is 0 Å². The van der Waals surface area contributed by atoms with Crippen LogP contribution in [0.2, 0.25) is 0 Å². The van der Waals surface area contributed by atoms with Crippen molar-refractivity contribution in [2.75, 3.05) is 0 Å². The van der Waals surface area contributed by atoms with Crippen LogP contribution in [0.3, 0.4) is 0 Å². The number of aryl methyl sites for hydroxylation is 1. The summed E-state index contributed by atoms with van der Waals surface area (Å²) < 4.78 is 30.7. The molecule has 4 rings (SSSR count). The van der Waals surface area contributed by atoms with Crippen LogP contribution < -0.4 is 5.14 Å². The third-order valence-electron chi connectivity index (χ3n) is 4.50. The minimum Gasteiger partial charge on any atom is -0.338 e. The first-order valence-electron chi connectivity index (χ1n) is 9.45. The molecule has 8 nitrogen and oxygen atoms in total. The zero-order valence-electron chi connectivity index (χ0n) is 16.4. The van der Waals surface area contributed by atoms with Crippen molar-refractivity contribution >= 4 is 32.8 Å². The van der Waals surface area contributed by atoms with Crippen LogP contribution in [-0.2, 0) is 28.7 Å². The Kier molecular flexibility index (Phi) is 5.89. The summed E-state index contributed by atoms with van der Waals surface area (Å²) in [7, 11) is -3.78. The Labute approximate surface area is 178 Å². The highest BCUT2D eigenvalue weighted by Gasteiger charge is 2.16. The lowest BCUT2D eigenvalue weighted by Crippen LogP contribution is -2.11. The van der Waals surface area contributed by atoms with Gasteiger partial charge in [0.2, 0.25) is 15.9 Å². The number of hydrogen-bond acceptors (Lipinski definition) is 7. The fourth-order valence-corrected chi connectivity index (χ4v) is 4.55. The highest BCUT2D eigenvalue weighted by molar-refractivity contribution is 7.98. The molecule has 0 spiro atoms. The molecule has 0 amide bonds. The normalized spacial score (nSPS) is 11.9. The highest BCUT2D eigenvalue weighted by Crippen LogP contribution is 2.28. The summed E-state index contributed by atoms with van der Waals surface area (Å²) in [6, 6.07) is 14.7. The number of hydrogen-bond donors (Lipinski definition) is 1. The van der Waals surface area contributed by atoms with Gasteiger partial charge >= 0.3 is 0 Å². The summed E-state index contributed by atoms with van der Waals surface area (Å²) in [5.41, 5.74) is 2.57. The predicted octanol–water partition coefficient (Wildman–Crippen LogP) is 3.36. The second-order valence-electron chi connectivity index (χ2n) is 6.80. The molecule has 0 aliphatic carbocycles. The smallest absolute Gasteiger partial charge is 0.238 e. The summed E-state index contributed by atoms with van der Waals surface area (Å²) in [5, 5.41) is 10.1. The minimum atomic E-state index is -3.78. The van der Waals surface area contributed by atoms with Crippen molar-refractivity contribution in [3.8, 4) is 0 Å². The number of primary sulfonamides is 1. The van der Waals surface area contributed by atoms with E-state index in [2.05, 4.69) is 26.6 Å². The minimum absolute atomic E-state index is 0.0511. The molecule has 10 heteroatoms. The standard InChI is InChI=1S/C20H21N5O3S2/c1-2-10-25-17-9-8-15(30(21,26)27)12-16(17)22-20(25)29-13-19-23-18(24-28-19)11-14-6-4-3-5-7-14/h3-9,12H,2,10-11,13H2,1H3,(H2,21,26,27). The van der Waals surface area contributed by atoms with E-state index >= 15 is 0 Å². The average Bonchev–Trinajstić information content (AvgIpc) is 3.31. The van der Waals surface area contributed by atoms with E-state index in [-0.39, 0.29) is 4.90 Å². The lowest BCUT2D eigenvalue weighted by molar-refractivity contribution is 0.385. The van der Waals surface area contributed by atoms with E-state index in [0.717, 1.165) is 29.2 Å². The molecule has 2 aromatic carbocycles. The van der Waals surface area contributed by atoms with Crippen molar-refractivity contribution in [3.05, 3.63) is 65.8 Å². The van der Waals surface area contributed by atoms with Gasteiger partial charge in [-0.05, 0) is 30.2 Å². The Morgan fingerprint density at radius 3 is 2.67 bits per heavy atom. The van der Waals surface area contributed by atoms with Crippen molar-refractivity contribution in [2.24, 2.45) is 5.14 Å². The van der Waals surface area contributed by atoms with Gasteiger partial charge in [0.1, 0.15) is 0 Å². The molecule has 156 valence electrons. The molecule has 0 aliphatic rings. The first-order chi connectivity index (χ1) is 14.4. The van der Waals surface area contributed by atoms with E-state index in [1.54, 1.807) is 6.07 Å². The third-order valence-corrected chi connectivity index (χ3v) is 6.37. The third kappa shape index (κ3) is 4.55. The molecule has 2 aromatic heterocycles. The van der Waals surface area contributed by atoms with Gasteiger partial charge in [0.15, 0.2) is 11.0 Å². The molecular formula is C20H21N5O3S2. The summed E-state index contributed by atoms with van der Waals surface area (Å²) in [4.78, 5) is 9.13. The van der Waals surface area contributed by atoms with Gasteiger partial charge in [-0.2, -0.15) is 4.98 Å². The Morgan fingerprint density at radius 2 is 1.93 bits per heavy atom. The van der Waals surface area contributed by atoms with Crippen LogP contribution in [-0.4, -0.2) is 28.1 Å². The number of thioether (sulfide) groups is 1. The van der Waals surface area contributed by atoms with Gasteiger partial charge in [0.25, 0.3) is 0 Å². The van der Waals surface area contributed by atoms with Crippen molar-refractivity contribution in [3.63, 3.8) is 0 Å². The van der Waals surface area contributed by atoms with Crippen LogP contribution in [0, 0.1) is 0 Å². The maximum Gasteiger partial charge on any atom is 0.238 e. The molecule has 0 atom stereocenters. The van der Waals surface area contributed by atoms with E-state index in [9.17, 15) is 8.42 Å². The Hall–Kier alpha value is -2.69. The van der Waals surface area contributed by atoms with Crippen LogP contribution in [0.1, 0.15) is 30.6 Å². The van der Waals surface area contributed by atoms with Gasteiger partial charge in [0.05, 0.1) is 21.7 Å². The fraction of sp³-hybridized carbons (Fsp3) is 0.250. The van der Waals surface area contributed by atoms with Crippen LogP contribution in [0.25, 0.3) is 11.0 Å². The van der Waals surface area contributed by atoms with E-state index in [1.807, 2.05) is 30.3 Å². The van der Waals surface area contributed by atoms with Crippen molar-refractivity contribution < 1.29 is 12.9 Å². The molecule has 0 fully saturated rings. The lowest BCUT2D eigenvalue weighted by atomic mass is 10.1. The molecule has 0 saturated carbocycles. The number of fused-ring (bicyclic) bond motifs is 1. The van der Waals surface area contributed by atoms with Gasteiger partial charge in [-0.25, -0.2) is 18.5 Å². The number of imidazole rings is 1. The Balaban J connectivity index is 1.54. The topological polar surface area (TPSA) is 117 Å². The second-order valence-corrected chi connectivity index (χ2v) is 9.30. The van der Waals surface area contributed by atoms with E-state index < -0.39 is 10.0 Å². The van der Waals surface area contributed by atoms with Gasteiger partial charge in [-0.1, -0.05) is 54.2 Å². The summed E-state index contributed by atoms with van der Waals surface area (Å²) in [5.74, 6) is 1.62. The number of nitrogens with zero attached hydrogens (tertiary/aromatic N) is 4. The first-order valence-corrected chi connectivity index (χ1v) is 12.0. The van der Waals surface area contributed by atoms with Crippen LogP contribution in [0.5, 0.6) is 0 Å². The molecule has 2 N–H and O–H groups in total. The summed E-state index contributed by atoms with van der Waals surface area (Å²) in [6.45, 7) is 2.84. The molecule has 0 unspecified atom stereocenters. The van der Waals surface area contributed by atoms with Gasteiger partial charge < -0.3 is 9.09 Å². The lowest BCUT2D eigenvalue weighted by Gasteiger charge is -2.06. The SMILES string of the molecule is CCCn1c(SCc2nc(Cc3ccccc3)no2)nc2cc(S(N)(=O)=O)ccc21. The maximum absolute atomic E-state index is 11.6. The number of sulfonamides is 1. The maximum atomic E-state index is 11.6. The zero-order chi connectivity index (χ0) is 21.1. The van der Waals surface area contributed by atoms with E-state index in [0.29, 0.717) is 29.4 Å². The summed E-state index contributed by atoms with van der Waals surface area (Å²) in [6.07, 6.45) is 1.53. The highest BCUT2D eigenvalue weighted by atomic mass is 32.2. The average molecular weight is 444 g/mol. The number of nitrogens with two attached hydrogens (primary N) is 1. The molecule has 30 heavy (non-hydrogen) atoms. The van der Waals surface area contributed by atoms with E-state index in [1.165, 1.54) is 23.9 Å². The van der Waals surface area contributed by atoms with Crippen LogP contribution >= 0.6 is 11.8 Å². The van der Waals surface area contributed by atoms with Crippen molar-refractivity contribution in [1.29, 1.82) is 0 Å². The number of aromatic nitrogens is 4. The molecule has 4 aromatic rings. The largest absolute Gasteiger partial charge is 0.338 e.